The van der Waals surface area contributed by atoms with Crippen LogP contribution < -0.4 is 10.6 Å². The quantitative estimate of drug-likeness (QED) is 0.578. The highest BCUT2D eigenvalue weighted by Crippen LogP contribution is 2.31. The first-order chi connectivity index (χ1) is 7.87. The van der Waals surface area contributed by atoms with E-state index in [0.29, 0.717) is 5.41 Å². The van der Waals surface area contributed by atoms with Crippen LogP contribution in [0.1, 0.15) is 40.0 Å². The van der Waals surface area contributed by atoms with E-state index in [0.717, 1.165) is 26.9 Å². The van der Waals surface area contributed by atoms with E-state index in [4.69, 9.17) is 24.4 Å². The Balaban J connectivity index is 2.30. The van der Waals surface area contributed by atoms with E-state index >= 15 is 0 Å². The fourth-order valence-corrected chi connectivity index (χ4v) is 2.38. The molecule has 2 N–H and O–H groups in total. The van der Waals surface area contributed by atoms with Crippen LogP contribution in [-0.4, -0.2) is 13.6 Å². The van der Waals surface area contributed by atoms with Crippen molar-refractivity contribution in [3.8, 4) is 0 Å². The normalized spacial score (nSPS) is 11.8. The summed E-state index contributed by atoms with van der Waals surface area (Å²) in [6, 6.07) is 0. The Bertz CT molecular complexity index is 437. The molecule has 1 rings (SSSR count). The van der Waals surface area contributed by atoms with E-state index in [-0.39, 0.29) is 0 Å². The maximum absolute atomic E-state index is 5.21. The summed E-state index contributed by atoms with van der Waals surface area (Å²) in [5, 5.41) is 6.46. The predicted molar refractivity (Wildman–Crippen MR) is 81.8 cm³/mol. The van der Waals surface area contributed by atoms with Crippen molar-refractivity contribution in [3.05, 3.63) is 9.02 Å². The van der Waals surface area contributed by atoms with Crippen molar-refractivity contribution in [2.24, 2.45) is 5.41 Å². The van der Waals surface area contributed by atoms with Crippen molar-refractivity contribution < 1.29 is 0 Å². The summed E-state index contributed by atoms with van der Waals surface area (Å²) in [7, 11) is 1.88. The lowest BCUT2D eigenvalue weighted by atomic mass is 9.90. The smallest absolute Gasteiger partial charge is 0.0832 e. The molecule has 0 aliphatic heterocycles. The number of hydrogen-bond donors (Lipinski definition) is 2. The lowest BCUT2D eigenvalue weighted by Gasteiger charge is -2.19. The van der Waals surface area contributed by atoms with Gasteiger partial charge in [-0.05, 0) is 18.3 Å². The third kappa shape index (κ3) is 4.03. The molecule has 1 aromatic rings. The van der Waals surface area contributed by atoms with E-state index in [1.807, 2.05) is 7.05 Å². The summed E-state index contributed by atoms with van der Waals surface area (Å²) in [6.07, 6.45) is 3.68. The molecule has 0 aliphatic rings. The molecule has 0 heterocycles. The van der Waals surface area contributed by atoms with E-state index in [9.17, 15) is 0 Å². The average Bonchev–Trinajstić information content (AvgIpc) is 2.24. The number of rotatable bonds is 6. The molecule has 1 aromatic carbocycles. The van der Waals surface area contributed by atoms with Gasteiger partial charge in [0.25, 0.3) is 0 Å². The molecule has 0 unspecified atom stereocenters. The van der Waals surface area contributed by atoms with Crippen molar-refractivity contribution in [1.29, 1.82) is 0 Å². The monoisotopic (exact) mass is 270 g/mol. The van der Waals surface area contributed by atoms with E-state index in [1.54, 1.807) is 0 Å². The zero-order chi connectivity index (χ0) is 13.1. The van der Waals surface area contributed by atoms with Gasteiger partial charge in [-0.1, -0.05) is 51.6 Å². The Morgan fingerprint density at radius 1 is 1.00 bits per heavy atom. The number of unbranched alkanes of at least 4 members (excludes halogenated alkanes) is 1. The van der Waals surface area contributed by atoms with Crippen LogP contribution in [0, 0.1) is 14.4 Å². The Morgan fingerprint density at radius 2 is 1.59 bits per heavy atom. The van der Waals surface area contributed by atoms with Crippen molar-refractivity contribution in [2.45, 2.75) is 40.0 Å². The van der Waals surface area contributed by atoms with E-state index in [2.05, 4.69) is 31.4 Å². The van der Waals surface area contributed by atoms with Crippen molar-refractivity contribution >= 4 is 35.8 Å². The van der Waals surface area contributed by atoms with Crippen LogP contribution >= 0.6 is 24.4 Å². The number of nitrogens with one attached hydrogen (secondary N) is 2. The van der Waals surface area contributed by atoms with Crippen LogP contribution in [0.25, 0.3) is 0 Å². The van der Waals surface area contributed by atoms with Crippen molar-refractivity contribution in [3.63, 3.8) is 0 Å². The first-order valence-electron chi connectivity index (χ1n) is 6.12. The lowest BCUT2D eigenvalue weighted by Crippen LogP contribution is -2.10. The largest absolute Gasteiger partial charge is 0.385 e. The van der Waals surface area contributed by atoms with E-state index in [1.165, 1.54) is 19.3 Å². The molecule has 2 nitrogen and oxygen atoms in total. The summed E-state index contributed by atoms with van der Waals surface area (Å²) < 4.78 is 1.60. The second-order valence-corrected chi connectivity index (χ2v) is 6.42. The van der Waals surface area contributed by atoms with Gasteiger partial charge >= 0.3 is 0 Å². The maximum Gasteiger partial charge on any atom is 0.0832 e. The molecule has 0 saturated heterocycles. The van der Waals surface area contributed by atoms with Gasteiger partial charge in [-0.15, -0.1) is 0 Å². The molecule has 0 radical (unpaired) electrons. The van der Waals surface area contributed by atoms with E-state index < -0.39 is 0 Å². The van der Waals surface area contributed by atoms with Crippen molar-refractivity contribution in [2.75, 3.05) is 24.2 Å². The number of anilines is 2. The second-order valence-electron chi connectivity index (χ2n) is 5.60. The SMILES string of the molecule is CNc1c(NCCCCC(C)(C)C)c(=S)c1=S. The molecular formula is C13H22N2S2. The molecule has 17 heavy (non-hydrogen) atoms. The molecule has 96 valence electrons. The molecular weight excluding hydrogens is 248 g/mol. The highest BCUT2D eigenvalue weighted by atomic mass is 32.1. The molecule has 4 heteroatoms. The highest BCUT2D eigenvalue weighted by molar-refractivity contribution is 7.74. The summed E-state index contributed by atoms with van der Waals surface area (Å²) >= 11 is 10.4. The summed E-state index contributed by atoms with van der Waals surface area (Å²) in [5.41, 5.74) is 2.46. The molecule has 0 amide bonds. The predicted octanol–water partition coefficient (Wildman–Crippen LogP) is 4.69. The first-order valence-corrected chi connectivity index (χ1v) is 6.93. The standard InChI is InChI=1S/C13H22N2S2/c1-13(2,3)7-5-6-8-15-10-9(14-4)11(16)12(10)17/h14-15H,5-8H2,1-4H3. The minimum atomic E-state index is 0.433. The molecule has 0 bridgehead atoms. The van der Waals surface area contributed by atoms with Gasteiger partial charge in [0.15, 0.2) is 0 Å². The van der Waals surface area contributed by atoms with Crippen LogP contribution in [0.2, 0.25) is 0 Å². The average molecular weight is 270 g/mol. The number of hydrogen-bond acceptors (Lipinski definition) is 4. The second kappa shape index (κ2) is 5.91. The van der Waals surface area contributed by atoms with Gasteiger partial charge in [0, 0.05) is 13.6 Å². The molecule has 0 saturated carbocycles. The van der Waals surface area contributed by atoms with Gasteiger partial charge in [-0.25, -0.2) is 0 Å². The molecule has 0 aromatic heterocycles. The Kier molecular flexibility index (Phi) is 5.07. The van der Waals surface area contributed by atoms with Crippen LogP contribution in [0.4, 0.5) is 11.4 Å². The molecule has 0 spiro atoms. The zero-order valence-electron chi connectivity index (χ0n) is 11.1. The van der Waals surface area contributed by atoms with Gasteiger partial charge in [-0.2, -0.15) is 0 Å². The van der Waals surface area contributed by atoms with Gasteiger partial charge in [0.05, 0.1) is 20.4 Å². The molecule has 0 aliphatic carbocycles. The van der Waals surface area contributed by atoms with Crippen LogP contribution in [0.3, 0.4) is 0 Å². The Labute approximate surface area is 115 Å². The summed E-state index contributed by atoms with van der Waals surface area (Å²) in [5.74, 6) is 0. The van der Waals surface area contributed by atoms with Gasteiger partial charge in [-0.3, -0.25) is 0 Å². The fraction of sp³-hybridized carbons (Fsp3) is 0.692. The van der Waals surface area contributed by atoms with Crippen LogP contribution in [0.5, 0.6) is 0 Å². The van der Waals surface area contributed by atoms with Gasteiger partial charge in [0.2, 0.25) is 0 Å². The fourth-order valence-electron chi connectivity index (χ4n) is 1.79. The zero-order valence-corrected chi connectivity index (χ0v) is 12.8. The Hall–Kier alpha value is -0.480. The van der Waals surface area contributed by atoms with Crippen LogP contribution in [-0.2, 0) is 0 Å². The first kappa shape index (κ1) is 14.6. The minimum absolute atomic E-state index is 0.433. The third-order valence-corrected chi connectivity index (χ3v) is 3.76. The third-order valence-electron chi connectivity index (χ3n) is 2.82. The summed E-state index contributed by atoms with van der Waals surface area (Å²) in [6.45, 7) is 7.81. The highest BCUT2D eigenvalue weighted by Gasteiger charge is 2.13. The van der Waals surface area contributed by atoms with Crippen LogP contribution in [0.15, 0.2) is 0 Å². The Morgan fingerprint density at radius 3 is 2.12 bits per heavy atom. The molecule has 0 fully saturated rings. The van der Waals surface area contributed by atoms with Gasteiger partial charge in [0.1, 0.15) is 0 Å². The minimum Gasteiger partial charge on any atom is -0.385 e. The topological polar surface area (TPSA) is 24.1 Å². The summed E-state index contributed by atoms with van der Waals surface area (Å²) in [4.78, 5) is 0. The van der Waals surface area contributed by atoms with Crippen molar-refractivity contribution in [1.82, 2.24) is 0 Å². The molecule has 0 atom stereocenters. The lowest BCUT2D eigenvalue weighted by molar-refractivity contribution is 0.362. The van der Waals surface area contributed by atoms with Gasteiger partial charge < -0.3 is 10.6 Å². The maximum atomic E-state index is 5.21.